The maximum Gasteiger partial charge on any atom is 0.222 e. The number of aromatic nitrogens is 2. The van der Waals surface area contributed by atoms with E-state index in [0.717, 1.165) is 24.0 Å². The number of hydrogen-bond donors (Lipinski definition) is 1. The minimum absolute atomic E-state index is 0.364. The highest BCUT2D eigenvalue weighted by molar-refractivity contribution is 5.42. The van der Waals surface area contributed by atoms with Gasteiger partial charge in [-0.15, -0.1) is 0 Å². The van der Waals surface area contributed by atoms with E-state index in [-0.39, 0.29) is 0 Å². The molecule has 1 heterocycles. The van der Waals surface area contributed by atoms with E-state index < -0.39 is 0 Å². The molecule has 2 rings (SSSR count). The molecule has 0 atom stereocenters. The van der Waals surface area contributed by atoms with Crippen molar-refractivity contribution in [1.82, 2.24) is 9.97 Å². The molecule has 0 spiro atoms. The monoisotopic (exact) mass is 192 g/mol. The van der Waals surface area contributed by atoms with Crippen LogP contribution in [0.5, 0.6) is 0 Å². The number of anilines is 2. The third-order valence-corrected chi connectivity index (χ3v) is 2.48. The van der Waals surface area contributed by atoms with Crippen LogP contribution in [0.1, 0.15) is 18.5 Å². The molecular weight excluding hydrogens is 176 g/mol. The topological polar surface area (TPSA) is 55.0 Å². The molecule has 1 aliphatic rings. The van der Waals surface area contributed by atoms with Gasteiger partial charge >= 0.3 is 0 Å². The smallest absolute Gasteiger partial charge is 0.222 e. The van der Waals surface area contributed by atoms with Crippen molar-refractivity contribution in [2.45, 2.75) is 19.8 Å². The molecule has 4 heteroatoms. The highest BCUT2D eigenvalue weighted by Crippen LogP contribution is 2.30. The van der Waals surface area contributed by atoms with Crippen LogP contribution in [0.4, 0.5) is 11.8 Å². The highest BCUT2D eigenvalue weighted by Gasteiger charge is 2.23. The molecule has 1 aromatic heterocycles. The van der Waals surface area contributed by atoms with Gasteiger partial charge in [0.25, 0.3) is 0 Å². The van der Waals surface area contributed by atoms with Crippen molar-refractivity contribution in [3.05, 3.63) is 11.8 Å². The first-order valence-electron chi connectivity index (χ1n) is 4.97. The maximum absolute atomic E-state index is 5.59. The average molecular weight is 192 g/mol. The Balaban J connectivity index is 2.12. The third kappa shape index (κ3) is 2.13. The normalized spacial score (nSPS) is 15.6. The van der Waals surface area contributed by atoms with Gasteiger partial charge in [0, 0.05) is 25.4 Å². The van der Waals surface area contributed by atoms with Crippen LogP contribution in [0.15, 0.2) is 6.07 Å². The maximum atomic E-state index is 5.59. The molecular formula is C10H16N4. The molecule has 4 nitrogen and oxygen atoms in total. The Labute approximate surface area is 84.2 Å². The van der Waals surface area contributed by atoms with Crippen molar-refractivity contribution in [2.24, 2.45) is 5.92 Å². The van der Waals surface area contributed by atoms with E-state index in [1.54, 1.807) is 0 Å². The first kappa shape index (κ1) is 9.24. The first-order valence-corrected chi connectivity index (χ1v) is 4.97. The van der Waals surface area contributed by atoms with Gasteiger partial charge in [-0.25, -0.2) is 4.98 Å². The second-order valence-corrected chi connectivity index (χ2v) is 4.05. The Morgan fingerprint density at radius 3 is 2.79 bits per heavy atom. The SMILES string of the molecule is Cc1cc(N(C)CC2CC2)nc(N)n1. The van der Waals surface area contributed by atoms with Crippen LogP contribution >= 0.6 is 0 Å². The zero-order valence-corrected chi connectivity index (χ0v) is 8.70. The lowest BCUT2D eigenvalue weighted by molar-refractivity contribution is 0.775. The Morgan fingerprint density at radius 1 is 1.50 bits per heavy atom. The zero-order chi connectivity index (χ0) is 10.1. The molecule has 0 aromatic carbocycles. The standard InChI is InChI=1S/C10H16N4/c1-7-5-9(13-10(11)12-7)14(2)6-8-3-4-8/h5,8H,3-4,6H2,1-2H3,(H2,11,12,13). The molecule has 2 N–H and O–H groups in total. The summed E-state index contributed by atoms with van der Waals surface area (Å²) in [5.74, 6) is 2.15. The van der Waals surface area contributed by atoms with Crippen LogP contribution in [0.25, 0.3) is 0 Å². The van der Waals surface area contributed by atoms with E-state index in [1.807, 2.05) is 13.0 Å². The molecule has 1 fully saturated rings. The van der Waals surface area contributed by atoms with E-state index in [4.69, 9.17) is 5.73 Å². The van der Waals surface area contributed by atoms with Crippen molar-refractivity contribution in [2.75, 3.05) is 24.2 Å². The van der Waals surface area contributed by atoms with Gasteiger partial charge in [-0.1, -0.05) is 0 Å². The molecule has 1 saturated carbocycles. The lowest BCUT2D eigenvalue weighted by atomic mass is 10.3. The number of nitrogen functional groups attached to an aromatic ring is 1. The number of hydrogen-bond acceptors (Lipinski definition) is 4. The lowest BCUT2D eigenvalue weighted by Gasteiger charge is -2.18. The van der Waals surface area contributed by atoms with E-state index in [9.17, 15) is 0 Å². The molecule has 0 unspecified atom stereocenters. The number of nitrogens with zero attached hydrogens (tertiary/aromatic N) is 3. The highest BCUT2D eigenvalue weighted by atomic mass is 15.2. The van der Waals surface area contributed by atoms with Gasteiger partial charge in [-0.2, -0.15) is 4.98 Å². The summed E-state index contributed by atoms with van der Waals surface area (Å²) in [4.78, 5) is 10.4. The Hall–Kier alpha value is -1.32. The summed E-state index contributed by atoms with van der Waals surface area (Å²) >= 11 is 0. The minimum atomic E-state index is 0.364. The minimum Gasteiger partial charge on any atom is -0.368 e. The number of aryl methyl sites for hydroxylation is 1. The van der Waals surface area contributed by atoms with Crippen LogP contribution in [0.2, 0.25) is 0 Å². The quantitative estimate of drug-likeness (QED) is 0.782. The Kier molecular flexibility index (Phi) is 2.27. The summed E-state index contributed by atoms with van der Waals surface area (Å²) in [6, 6.07) is 1.97. The second-order valence-electron chi connectivity index (χ2n) is 4.05. The van der Waals surface area contributed by atoms with Crippen molar-refractivity contribution < 1.29 is 0 Å². The predicted octanol–water partition coefficient (Wildman–Crippen LogP) is 1.21. The van der Waals surface area contributed by atoms with Gasteiger partial charge in [-0.05, 0) is 25.7 Å². The molecule has 0 amide bonds. The van der Waals surface area contributed by atoms with Gasteiger partial charge < -0.3 is 10.6 Å². The summed E-state index contributed by atoms with van der Waals surface area (Å²) in [7, 11) is 2.06. The zero-order valence-electron chi connectivity index (χ0n) is 8.70. The van der Waals surface area contributed by atoms with Gasteiger partial charge in [-0.3, -0.25) is 0 Å². The summed E-state index contributed by atoms with van der Waals surface area (Å²) in [6.45, 7) is 3.02. The number of rotatable bonds is 3. The van der Waals surface area contributed by atoms with E-state index in [2.05, 4.69) is 21.9 Å². The number of nitrogens with two attached hydrogens (primary N) is 1. The first-order chi connectivity index (χ1) is 6.65. The fourth-order valence-electron chi connectivity index (χ4n) is 1.55. The van der Waals surface area contributed by atoms with Crippen LogP contribution in [0.3, 0.4) is 0 Å². The van der Waals surface area contributed by atoms with Crippen molar-refractivity contribution in [1.29, 1.82) is 0 Å². The van der Waals surface area contributed by atoms with Gasteiger partial charge in [0.05, 0.1) is 0 Å². The van der Waals surface area contributed by atoms with Crippen LogP contribution in [0, 0.1) is 12.8 Å². The van der Waals surface area contributed by atoms with Crippen LogP contribution in [-0.4, -0.2) is 23.6 Å². The largest absolute Gasteiger partial charge is 0.368 e. The van der Waals surface area contributed by atoms with Gasteiger partial charge in [0.2, 0.25) is 5.95 Å². The lowest BCUT2D eigenvalue weighted by Crippen LogP contribution is -2.21. The fraction of sp³-hybridized carbons (Fsp3) is 0.600. The predicted molar refractivity (Wildman–Crippen MR) is 57.2 cm³/mol. The van der Waals surface area contributed by atoms with Gasteiger partial charge in [0.15, 0.2) is 0 Å². The summed E-state index contributed by atoms with van der Waals surface area (Å²) < 4.78 is 0. The molecule has 0 bridgehead atoms. The van der Waals surface area contributed by atoms with E-state index in [1.165, 1.54) is 12.8 Å². The summed E-state index contributed by atoms with van der Waals surface area (Å²) in [6.07, 6.45) is 2.70. The van der Waals surface area contributed by atoms with Crippen LogP contribution < -0.4 is 10.6 Å². The summed E-state index contributed by atoms with van der Waals surface area (Å²) in [5.41, 5.74) is 6.52. The average Bonchev–Trinajstić information content (AvgIpc) is 2.86. The van der Waals surface area contributed by atoms with Crippen molar-refractivity contribution in [3.63, 3.8) is 0 Å². The van der Waals surface area contributed by atoms with Crippen molar-refractivity contribution >= 4 is 11.8 Å². The molecule has 14 heavy (non-hydrogen) atoms. The van der Waals surface area contributed by atoms with Crippen LogP contribution in [-0.2, 0) is 0 Å². The van der Waals surface area contributed by atoms with Gasteiger partial charge in [0.1, 0.15) is 5.82 Å². The molecule has 0 radical (unpaired) electrons. The Bertz CT molecular complexity index is 313. The fourth-order valence-corrected chi connectivity index (χ4v) is 1.55. The molecule has 76 valence electrons. The van der Waals surface area contributed by atoms with Crippen molar-refractivity contribution in [3.8, 4) is 0 Å². The van der Waals surface area contributed by atoms with E-state index >= 15 is 0 Å². The summed E-state index contributed by atoms with van der Waals surface area (Å²) in [5, 5.41) is 0. The molecule has 0 saturated heterocycles. The van der Waals surface area contributed by atoms with E-state index in [0.29, 0.717) is 5.95 Å². The third-order valence-electron chi connectivity index (χ3n) is 2.48. The molecule has 1 aliphatic carbocycles. The Morgan fingerprint density at radius 2 is 2.21 bits per heavy atom. The molecule has 1 aromatic rings. The molecule has 0 aliphatic heterocycles. The second kappa shape index (κ2) is 3.44.